The van der Waals surface area contributed by atoms with E-state index in [9.17, 15) is 4.79 Å². The predicted molar refractivity (Wildman–Crippen MR) is 84.2 cm³/mol. The summed E-state index contributed by atoms with van der Waals surface area (Å²) in [6.45, 7) is 4.56. The van der Waals surface area contributed by atoms with E-state index in [4.69, 9.17) is 5.73 Å². The fraction of sp³-hybridized carbons (Fsp3) is 0.188. The van der Waals surface area contributed by atoms with E-state index in [2.05, 4.69) is 11.4 Å². The molecule has 0 aliphatic rings. The van der Waals surface area contributed by atoms with Gasteiger partial charge in [-0.2, -0.15) is 0 Å². The number of carbonyl (C=O) groups is 1. The topological polar surface area (TPSA) is 55.1 Å². The van der Waals surface area contributed by atoms with Crippen LogP contribution in [-0.4, -0.2) is 12.5 Å². The van der Waals surface area contributed by atoms with Crippen LogP contribution in [0.25, 0.3) is 0 Å². The van der Waals surface area contributed by atoms with Crippen LogP contribution >= 0.6 is 11.8 Å². The molecular formula is C16H18N2OS. The highest BCUT2D eigenvalue weighted by atomic mass is 32.2. The van der Waals surface area contributed by atoms with Crippen molar-refractivity contribution in [3.05, 3.63) is 53.6 Å². The fourth-order valence-electron chi connectivity index (χ4n) is 1.87. The van der Waals surface area contributed by atoms with E-state index in [1.54, 1.807) is 23.9 Å². The van der Waals surface area contributed by atoms with Gasteiger partial charge in [0.25, 0.3) is 5.91 Å². The number of nitrogen functional groups attached to an aromatic ring is 1. The first-order valence-corrected chi connectivity index (χ1v) is 7.34. The van der Waals surface area contributed by atoms with Crippen LogP contribution in [0, 0.1) is 6.92 Å². The van der Waals surface area contributed by atoms with Gasteiger partial charge in [-0.05, 0) is 44.2 Å². The summed E-state index contributed by atoms with van der Waals surface area (Å²) in [4.78, 5) is 14.0. The van der Waals surface area contributed by atoms with Gasteiger partial charge in [-0.25, -0.2) is 0 Å². The maximum Gasteiger partial charge on any atom is 0.252 e. The number of hydrogen-bond donors (Lipinski definition) is 2. The van der Waals surface area contributed by atoms with Crippen LogP contribution in [0.3, 0.4) is 0 Å². The Balaban J connectivity index is 2.34. The smallest absolute Gasteiger partial charge is 0.252 e. The minimum atomic E-state index is -0.0670. The van der Waals surface area contributed by atoms with Crippen LogP contribution < -0.4 is 11.1 Å². The number of carbonyl (C=O) groups excluding carboxylic acids is 1. The SMILES string of the molecule is CCNC(=O)c1ccc(N)cc1Sc1cccc(C)c1. The minimum Gasteiger partial charge on any atom is -0.399 e. The van der Waals surface area contributed by atoms with Gasteiger partial charge in [0.2, 0.25) is 0 Å². The first-order chi connectivity index (χ1) is 9.60. The van der Waals surface area contributed by atoms with E-state index in [0.717, 1.165) is 9.79 Å². The number of nitrogens with two attached hydrogens (primary N) is 1. The molecule has 104 valence electrons. The van der Waals surface area contributed by atoms with Crippen molar-refractivity contribution in [1.29, 1.82) is 0 Å². The zero-order chi connectivity index (χ0) is 14.5. The maximum atomic E-state index is 12.1. The van der Waals surface area contributed by atoms with E-state index in [0.29, 0.717) is 17.8 Å². The quantitative estimate of drug-likeness (QED) is 0.846. The van der Waals surface area contributed by atoms with Crippen LogP contribution in [0.2, 0.25) is 0 Å². The summed E-state index contributed by atoms with van der Waals surface area (Å²) in [5.74, 6) is -0.0670. The molecule has 4 heteroatoms. The Bertz CT molecular complexity index is 626. The molecule has 0 saturated heterocycles. The molecule has 3 nitrogen and oxygen atoms in total. The van der Waals surface area contributed by atoms with Crippen molar-refractivity contribution >= 4 is 23.4 Å². The molecule has 0 bridgehead atoms. The highest BCUT2D eigenvalue weighted by molar-refractivity contribution is 7.99. The van der Waals surface area contributed by atoms with Gasteiger partial charge in [0, 0.05) is 22.0 Å². The predicted octanol–water partition coefficient (Wildman–Crippen LogP) is 3.48. The first kappa shape index (κ1) is 14.5. The molecule has 0 spiro atoms. The average Bonchev–Trinajstić information content (AvgIpc) is 2.39. The van der Waals surface area contributed by atoms with Gasteiger partial charge in [0.1, 0.15) is 0 Å². The van der Waals surface area contributed by atoms with Gasteiger partial charge < -0.3 is 11.1 Å². The second kappa shape index (κ2) is 6.48. The van der Waals surface area contributed by atoms with Crippen molar-refractivity contribution in [3.63, 3.8) is 0 Å². The molecule has 0 fully saturated rings. The molecule has 2 aromatic carbocycles. The Kier molecular flexibility index (Phi) is 4.69. The molecule has 0 aliphatic carbocycles. The molecule has 0 saturated carbocycles. The van der Waals surface area contributed by atoms with E-state index in [1.165, 1.54) is 5.56 Å². The Hall–Kier alpha value is -1.94. The van der Waals surface area contributed by atoms with Gasteiger partial charge >= 0.3 is 0 Å². The van der Waals surface area contributed by atoms with Crippen LogP contribution in [0.5, 0.6) is 0 Å². The van der Waals surface area contributed by atoms with Crippen molar-refractivity contribution in [2.75, 3.05) is 12.3 Å². The van der Waals surface area contributed by atoms with E-state index in [1.807, 2.05) is 38.1 Å². The van der Waals surface area contributed by atoms with Gasteiger partial charge in [-0.1, -0.05) is 29.5 Å². The van der Waals surface area contributed by atoms with Gasteiger partial charge in [-0.15, -0.1) is 0 Å². The Morgan fingerprint density at radius 3 is 2.75 bits per heavy atom. The largest absolute Gasteiger partial charge is 0.399 e. The van der Waals surface area contributed by atoms with E-state index < -0.39 is 0 Å². The molecular weight excluding hydrogens is 268 g/mol. The normalized spacial score (nSPS) is 10.3. The average molecular weight is 286 g/mol. The molecule has 0 aliphatic heterocycles. The lowest BCUT2D eigenvalue weighted by Crippen LogP contribution is -2.23. The highest BCUT2D eigenvalue weighted by Gasteiger charge is 2.12. The number of hydrogen-bond acceptors (Lipinski definition) is 3. The summed E-state index contributed by atoms with van der Waals surface area (Å²) in [6, 6.07) is 13.6. The maximum absolute atomic E-state index is 12.1. The third-order valence-corrected chi connectivity index (χ3v) is 3.85. The molecule has 3 N–H and O–H groups in total. The lowest BCUT2D eigenvalue weighted by Gasteiger charge is -2.10. The zero-order valence-corrected chi connectivity index (χ0v) is 12.5. The number of rotatable bonds is 4. The summed E-state index contributed by atoms with van der Waals surface area (Å²) < 4.78 is 0. The van der Waals surface area contributed by atoms with Gasteiger partial charge in [0.15, 0.2) is 0 Å². The third-order valence-electron chi connectivity index (χ3n) is 2.80. The highest BCUT2D eigenvalue weighted by Crippen LogP contribution is 2.32. The molecule has 2 rings (SSSR count). The van der Waals surface area contributed by atoms with Crippen molar-refractivity contribution < 1.29 is 4.79 Å². The Morgan fingerprint density at radius 1 is 1.25 bits per heavy atom. The molecule has 0 heterocycles. The lowest BCUT2D eigenvalue weighted by molar-refractivity contribution is 0.0953. The Labute approximate surface area is 123 Å². The number of benzene rings is 2. The Morgan fingerprint density at radius 2 is 2.05 bits per heavy atom. The summed E-state index contributed by atoms with van der Waals surface area (Å²) >= 11 is 1.56. The molecule has 0 aromatic heterocycles. The summed E-state index contributed by atoms with van der Waals surface area (Å²) in [7, 11) is 0. The number of amides is 1. The van der Waals surface area contributed by atoms with Crippen molar-refractivity contribution in [1.82, 2.24) is 5.32 Å². The van der Waals surface area contributed by atoms with Gasteiger partial charge in [-0.3, -0.25) is 4.79 Å². The number of aryl methyl sites for hydroxylation is 1. The second-order valence-electron chi connectivity index (χ2n) is 4.53. The third kappa shape index (κ3) is 3.54. The van der Waals surface area contributed by atoms with Crippen LogP contribution in [-0.2, 0) is 0 Å². The molecule has 20 heavy (non-hydrogen) atoms. The zero-order valence-electron chi connectivity index (χ0n) is 11.6. The van der Waals surface area contributed by atoms with Crippen LogP contribution in [0.1, 0.15) is 22.8 Å². The summed E-state index contributed by atoms with van der Waals surface area (Å²) in [5.41, 5.74) is 8.35. The lowest BCUT2D eigenvalue weighted by atomic mass is 10.2. The standard InChI is InChI=1S/C16H18N2OS/c1-3-18-16(19)14-8-7-12(17)10-15(14)20-13-6-4-5-11(2)9-13/h4-10H,3,17H2,1-2H3,(H,18,19). The summed E-state index contributed by atoms with van der Waals surface area (Å²) in [5, 5.41) is 2.83. The number of nitrogens with one attached hydrogen (secondary N) is 1. The molecule has 2 aromatic rings. The first-order valence-electron chi connectivity index (χ1n) is 6.52. The molecule has 0 atom stereocenters. The van der Waals surface area contributed by atoms with E-state index in [-0.39, 0.29) is 5.91 Å². The van der Waals surface area contributed by atoms with Crippen LogP contribution in [0.4, 0.5) is 5.69 Å². The van der Waals surface area contributed by atoms with Gasteiger partial charge in [0.05, 0.1) is 5.56 Å². The van der Waals surface area contributed by atoms with Crippen molar-refractivity contribution in [3.8, 4) is 0 Å². The minimum absolute atomic E-state index is 0.0670. The van der Waals surface area contributed by atoms with Crippen molar-refractivity contribution in [2.24, 2.45) is 0 Å². The monoisotopic (exact) mass is 286 g/mol. The second-order valence-corrected chi connectivity index (χ2v) is 5.65. The van der Waals surface area contributed by atoms with Crippen molar-refractivity contribution in [2.45, 2.75) is 23.6 Å². The van der Waals surface area contributed by atoms with Crippen LogP contribution in [0.15, 0.2) is 52.3 Å². The summed E-state index contributed by atoms with van der Waals surface area (Å²) in [6.07, 6.45) is 0. The molecule has 0 radical (unpaired) electrons. The molecule has 0 unspecified atom stereocenters. The molecule has 1 amide bonds. The fourth-order valence-corrected chi connectivity index (χ4v) is 2.98. The van der Waals surface area contributed by atoms with E-state index >= 15 is 0 Å². The number of anilines is 1.